The molecule has 2 heterocycles. The number of carbonyl (C=O) groups is 4. The number of hydrogen-bond acceptors (Lipinski definition) is 6. The Morgan fingerprint density at radius 2 is 1.70 bits per heavy atom. The molecule has 0 bridgehead atoms. The lowest BCUT2D eigenvalue weighted by atomic mass is 10.0. The van der Waals surface area contributed by atoms with Crippen molar-refractivity contribution in [1.82, 2.24) is 15.1 Å². The number of rotatable bonds is 11. The summed E-state index contributed by atoms with van der Waals surface area (Å²) in [4.78, 5) is 57.6. The molecule has 4 atom stereocenters. The van der Waals surface area contributed by atoms with Crippen LogP contribution in [-0.4, -0.2) is 88.8 Å². The van der Waals surface area contributed by atoms with E-state index in [1.165, 1.54) is 9.80 Å². The van der Waals surface area contributed by atoms with Crippen LogP contribution in [0.3, 0.4) is 0 Å². The number of amides is 3. The first-order valence-electron chi connectivity index (χ1n) is 13.6. The Balaban J connectivity index is 1.74. The second kappa shape index (κ2) is 12.5. The summed E-state index contributed by atoms with van der Waals surface area (Å²) in [5, 5.41) is 13.1. The molecule has 1 aromatic carbocycles. The second-order valence-corrected chi connectivity index (χ2v) is 10.4. The van der Waals surface area contributed by atoms with Gasteiger partial charge in [-0.15, -0.1) is 0 Å². The minimum Gasteiger partial charge on any atom is -0.383 e. The number of likely N-dealkylation sites (tertiary alicyclic amines) is 2. The van der Waals surface area contributed by atoms with E-state index < -0.39 is 30.1 Å². The van der Waals surface area contributed by atoms with Gasteiger partial charge in [0.1, 0.15) is 18.2 Å². The number of anilines is 1. The van der Waals surface area contributed by atoms with Crippen LogP contribution in [-0.2, 0) is 14.4 Å². The van der Waals surface area contributed by atoms with Crippen molar-refractivity contribution < 1.29 is 24.3 Å². The molecular formula is C28H42N4O5. The highest BCUT2D eigenvalue weighted by atomic mass is 16.3. The predicted molar refractivity (Wildman–Crippen MR) is 142 cm³/mol. The van der Waals surface area contributed by atoms with Crippen LogP contribution in [0.5, 0.6) is 0 Å². The number of hydrogen-bond donors (Lipinski definition) is 2. The molecule has 204 valence electrons. The maximum Gasteiger partial charge on any atom is 0.252 e. The number of ketones is 1. The molecule has 9 heteroatoms. The quantitative estimate of drug-likeness (QED) is 0.469. The molecule has 0 radical (unpaired) electrons. The van der Waals surface area contributed by atoms with Gasteiger partial charge in [0.25, 0.3) is 11.8 Å². The lowest BCUT2D eigenvalue weighted by Gasteiger charge is -2.29. The summed E-state index contributed by atoms with van der Waals surface area (Å²) in [7, 11) is 0. The fraction of sp³-hybridized carbons (Fsp3) is 0.643. The van der Waals surface area contributed by atoms with Crippen molar-refractivity contribution in [2.45, 2.75) is 84.5 Å². The molecule has 2 aliphatic heterocycles. The topological polar surface area (TPSA) is 110 Å². The van der Waals surface area contributed by atoms with Crippen molar-refractivity contribution >= 4 is 29.2 Å². The molecule has 0 aromatic heterocycles. The first-order valence-corrected chi connectivity index (χ1v) is 13.6. The molecule has 9 nitrogen and oxygen atoms in total. The number of aliphatic hydroxyl groups excluding tert-OH is 1. The molecule has 2 N–H and O–H groups in total. The van der Waals surface area contributed by atoms with Crippen LogP contribution in [0.15, 0.2) is 24.3 Å². The van der Waals surface area contributed by atoms with Gasteiger partial charge in [-0.2, -0.15) is 0 Å². The zero-order valence-corrected chi connectivity index (χ0v) is 22.8. The Bertz CT molecular complexity index is 975. The predicted octanol–water partition coefficient (Wildman–Crippen LogP) is 2.22. The van der Waals surface area contributed by atoms with E-state index in [0.29, 0.717) is 37.8 Å². The second-order valence-electron chi connectivity index (χ2n) is 10.4. The third kappa shape index (κ3) is 6.32. The standard InChI is InChI=1S/C28H42N4O5/c1-6-9-23(33)28(37)32-17-24(34)25-22(32)14-15-31(25)27(36)21(16-18(4)5)29-26(35)19-10-12-20(13-11-19)30(7-2)8-3/h10-13,18,21-23,25,33H,6-9,14-17H2,1-5H3,(H,29,35). The highest BCUT2D eigenvalue weighted by Gasteiger charge is 2.52. The van der Waals surface area contributed by atoms with E-state index in [4.69, 9.17) is 0 Å². The molecule has 3 rings (SSSR count). The molecule has 2 fully saturated rings. The van der Waals surface area contributed by atoms with Gasteiger partial charge in [0.2, 0.25) is 5.91 Å². The van der Waals surface area contributed by atoms with Gasteiger partial charge in [-0.25, -0.2) is 0 Å². The number of fused-ring (bicyclic) bond motifs is 1. The van der Waals surface area contributed by atoms with Crippen LogP contribution < -0.4 is 10.2 Å². The SMILES string of the molecule is CCCC(O)C(=O)N1CC(=O)C2C1CCN2C(=O)C(CC(C)C)NC(=O)c1ccc(N(CC)CC)cc1. The lowest BCUT2D eigenvalue weighted by molar-refractivity contribution is -0.142. The number of Topliss-reactive ketones (excluding diaryl/α,β-unsaturated/α-hetero) is 1. The van der Waals surface area contributed by atoms with Crippen molar-refractivity contribution in [1.29, 1.82) is 0 Å². The highest BCUT2D eigenvalue weighted by molar-refractivity contribution is 6.01. The van der Waals surface area contributed by atoms with Crippen LogP contribution in [0, 0.1) is 5.92 Å². The lowest BCUT2D eigenvalue weighted by Crippen LogP contribution is -2.53. The zero-order valence-electron chi connectivity index (χ0n) is 22.8. The Kier molecular flexibility index (Phi) is 9.70. The van der Waals surface area contributed by atoms with E-state index in [-0.39, 0.29) is 30.1 Å². The fourth-order valence-electron chi connectivity index (χ4n) is 5.49. The van der Waals surface area contributed by atoms with Crippen molar-refractivity contribution in [3.63, 3.8) is 0 Å². The van der Waals surface area contributed by atoms with E-state index in [1.807, 2.05) is 32.9 Å². The largest absolute Gasteiger partial charge is 0.383 e. The first-order chi connectivity index (χ1) is 17.6. The molecule has 0 spiro atoms. The number of carbonyl (C=O) groups excluding carboxylic acids is 4. The van der Waals surface area contributed by atoms with Gasteiger partial charge in [0, 0.05) is 30.9 Å². The summed E-state index contributed by atoms with van der Waals surface area (Å²) in [5.41, 5.74) is 1.50. The Morgan fingerprint density at radius 3 is 2.27 bits per heavy atom. The number of aliphatic hydroxyl groups is 1. The van der Waals surface area contributed by atoms with E-state index in [1.54, 1.807) is 12.1 Å². The van der Waals surface area contributed by atoms with Crippen molar-refractivity contribution in [3.8, 4) is 0 Å². The molecule has 0 saturated carbocycles. The highest BCUT2D eigenvalue weighted by Crippen LogP contribution is 2.31. The molecule has 1 aromatic rings. The molecule has 37 heavy (non-hydrogen) atoms. The normalized spacial score (nSPS) is 20.7. The summed E-state index contributed by atoms with van der Waals surface area (Å²) in [6.45, 7) is 12.0. The van der Waals surface area contributed by atoms with Gasteiger partial charge in [-0.1, -0.05) is 27.2 Å². The average Bonchev–Trinajstić information content (AvgIpc) is 3.45. The third-order valence-electron chi connectivity index (χ3n) is 7.40. The summed E-state index contributed by atoms with van der Waals surface area (Å²) < 4.78 is 0. The van der Waals surface area contributed by atoms with E-state index in [0.717, 1.165) is 18.8 Å². The minimum atomic E-state index is -1.14. The number of nitrogens with one attached hydrogen (secondary N) is 1. The van der Waals surface area contributed by atoms with Crippen molar-refractivity contribution in [2.24, 2.45) is 5.92 Å². The zero-order chi connectivity index (χ0) is 27.3. The van der Waals surface area contributed by atoms with Crippen LogP contribution >= 0.6 is 0 Å². The van der Waals surface area contributed by atoms with Gasteiger partial charge in [0.15, 0.2) is 5.78 Å². The van der Waals surface area contributed by atoms with Crippen LogP contribution in [0.25, 0.3) is 0 Å². The Morgan fingerprint density at radius 1 is 1.05 bits per heavy atom. The molecule has 0 aliphatic carbocycles. The summed E-state index contributed by atoms with van der Waals surface area (Å²) in [5.74, 6) is -1.14. The van der Waals surface area contributed by atoms with E-state index >= 15 is 0 Å². The summed E-state index contributed by atoms with van der Waals surface area (Å²) >= 11 is 0. The fourth-order valence-corrected chi connectivity index (χ4v) is 5.49. The molecule has 4 unspecified atom stereocenters. The number of nitrogens with zero attached hydrogens (tertiary/aromatic N) is 3. The summed E-state index contributed by atoms with van der Waals surface area (Å²) in [6, 6.07) is 5.39. The van der Waals surface area contributed by atoms with Gasteiger partial charge in [-0.05, 0) is 63.3 Å². The number of benzene rings is 1. The summed E-state index contributed by atoms with van der Waals surface area (Å²) in [6.07, 6.45) is 0.760. The van der Waals surface area contributed by atoms with Gasteiger partial charge < -0.3 is 25.1 Å². The Labute approximate surface area is 220 Å². The van der Waals surface area contributed by atoms with Crippen LogP contribution in [0.2, 0.25) is 0 Å². The van der Waals surface area contributed by atoms with Crippen LogP contribution in [0.4, 0.5) is 5.69 Å². The van der Waals surface area contributed by atoms with Gasteiger partial charge in [-0.3, -0.25) is 19.2 Å². The maximum absolute atomic E-state index is 13.7. The molecule has 2 aliphatic rings. The van der Waals surface area contributed by atoms with Crippen molar-refractivity contribution in [3.05, 3.63) is 29.8 Å². The Hall–Kier alpha value is -2.94. The van der Waals surface area contributed by atoms with E-state index in [2.05, 4.69) is 24.1 Å². The molecule has 3 amide bonds. The molecular weight excluding hydrogens is 472 g/mol. The van der Waals surface area contributed by atoms with Crippen molar-refractivity contribution in [2.75, 3.05) is 31.1 Å². The van der Waals surface area contributed by atoms with Crippen LogP contribution in [0.1, 0.15) is 70.7 Å². The minimum absolute atomic E-state index is 0.0984. The van der Waals surface area contributed by atoms with Gasteiger partial charge in [0.05, 0.1) is 12.6 Å². The monoisotopic (exact) mass is 514 g/mol. The van der Waals surface area contributed by atoms with Gasteiger partial charge >= 0.3 is 0 Å². The maximum atomic E-state index is 13.7. The molecule has 2 saturated heterocycles. The third-order valence-corrected chi connectivity index (χ3v) is 7.40. The van der Waals surface area contributed by atoms with E-state index in [9.17, 15) is 24.3 Å². The smallest absolute Gasteiger partial charge is 0.252 e. The first kappa shape index (κ1) is 28.6. The average molecular weight is 515 g/mol.